The van der Waals surface area contributed by atoms with Crippen LogP contribution in [0.5, 0.6) is 0 Å². The van der Waals surface area contributed by atoms with Crippen LogP contribution in [0.3, 0.4) is 0 Å². The van der Waals surface area contributed by atoms with Crippen LogP contribution in [0.25, 0.3) is 16.7 Å². The maximum absolute atomic E-state index is 6.27. The molecule has 0 aromatic heterocycles. The number of hydrogen-bond acceptors (Lipinski definition) is 3. The van der Waals surface area contributed by atoms with Crippen LogP contribution in [0, 0.1) is 0 Å². The topological polar surface area (TPSA) is 38.0 Å². The summed E-state index contributed by atoms with van der Waals surface area (Å²) in [5.41, 5.74) is 9.12. The monoisotopic (exact) mass is 396 g/mol. The highest BCUT2D eigenvalue weighted by atomic mass is 32.2. The molecule has 29 heavy (non-hydrogen) atoms. The first-order valence-electron chi connectivity index (χ1n) is 10.0. The highest BCUT2D eigenvalue weighted by Crippen LogP contribution is 2.54. The van der Waals surface area contributed by atoms with Crippen LogP contribution in [0.1, 0.15) is 29.0 Å². The Morgan fingerprint density at radius 1 is 0.897 bits per heavy atom. The highest BCUT2D eigenvalue weighted by molar-refractivity contribution is 7.98. The van der Waals surface area contributed by atoms with Gasteiger partial charge in [-0.05, 0) is 52.4 Å². The Morgan fingerprint density at radius 3 is 2.31 bits per heavy atom. The smallest absolute Gasteiger partial charge is 0.127 e. The van der Waals surface area contributed by atoms with Gasteiger partial charge in [0.2, 0.25) is 0 Å². The van der Waals surface area contributed by atoms with Crippen LogP contribution in [0.4, 0.5) is 0 Å². The number of likely N-dealkylation sites (N-methyl/N-ethyl adjacent to an activating group) is 1. The molecule has 2 aliphatic rings. The van der Waals surface area contributed by atoms with Crippen molar-refractivity contribution in [2.75, 3.05) is 7.05 Å². The van der Waals surface area contributed by atoms with Crippen LogP contribution < -0.4 is 10.5 Å². The van der Waals surface area contributed by atoms with Gasteiger partial charge in [-0.1, -0.05) is 103 Å². The molecule has 2 nitrogen and oxygen atoms in total. The summed E-state index contributed by atoms with van der Waals surface area (Å²) in [6.07, 6.45) is 5.61. The second kappa shape index (κ2) is 7.34. The summed E-state index contributed by atoms with van der Waals surface area (Å²) in [5.74, 6) is 0.354. The van der Waals surface area contributed by atoms with E-state index in [4.69, 9.17) is 5.14 Å². The van der Waals surface area contributed by atoms with Crippen molar-refractivity contribution >= 4 is 17.5 Å². The van der Waals surface area contributed by atoms with Crippen LogP contribution in [0.15, 0.2) is 96.6 Å². The lowest BCUT2D eigenvalue weighted by atomic mass is 9.83. The Bertz CT molecular complexity index is 1090. The van der Waals surface area contributed by atoms with Crippen molar-refractivity contribution in [1.29, 1.82) is 0 Å². The Labute approximate surface area is 176 Å². The maximum Gasteiger partial charge on any atom is 0.127 e. The van der Waals surface area contributed by atoms with Gasteiger partial charge in [-0.2, -0.15) is 0 Å². The molecular formula is C26H24N2S. The van der Waals surface area contributed by atoms with E-state index in [9.17, 15) is 0 Å². The molecular weight excluding hydrogens is 372 g/mol. The zero-order valence-corrected chi connectivity index (χ0v) is 17.2. The lowest BCUT2D eigenvalue weighted by Crippen LogP contribution is -2.39. The minimum Gasteiger partial charge on any atom is -0.298 e. The van der Waals surface area contributed by atoms with E-state index in [1.165, 1.54) is 50.9 Å². The number of fused-ring (bicyclic) bond motifs is 2. The molecule has 0 fully saturated rings. The van der Waals surface area contributed by atoms with E-state index in [2.05, 4.69) is 96.3 Å². The molecule has 0 heterocycles. The second-order valence-electron chi connectivity index (χ2n) is 7.64. The largest absolute Gasteiger partial charge is 0.298 e. The van der Waals surface area contributed by atoms with Gasteiger partial charge in [0.15, 0.2) is 0 Å². The van der Waals surface area contributed by atoms with Gasteiger partial charge in [0.05, 0.1) is 0 Å². The first-order valence-corrected chi connectivity index (χ1v) is 10.9. The Hall–Kier alpha value is -2.59. The second-order valence-corrected chi connectivity index (χ2v) is 8.49. The van der Waals surface area contributed by atoms with Crippen molar-refractivity contribution < 1.29 is 0 Å². The van der Waals surface area contributed by atoms with E-state index < -0.39 is 0 Å². The van der Waals surface area contributed by atoms with Crippen molar-refractivity contribution in [3.63, 3.8) is 0 Å². The summed E-state index contributed by atoms with van der Waals surface area (Å²) in [4.78, 5) is -0.348. The van der Waals surface area contributed by atoms with Gasteiger partial charge < -0.3 is 0 Å². The molecule has 2 aliphatic carbocycles. The molecule has 5 rings (SSSR count). The first-order chi connectivity index (χ1) is 14.3. The van der Waals surface area contributed by atoms with E-state index in [-0.39, 0.29) is 4.87 Å². The zero-order valence-electron chi connectivity index (χ0n) is 16.4. The molecule has 2 unspecified atom stereocenters. The van der Waals surface area contributed by atoms with Crippen molar-refractivity contribution in [2.24, 2.45) is 5.14 Å². The van der Waals surface area contributed by atoms with Gasteiger partial charge in [0.25, 0.3) is 0 Å². The van der Waals surface area contributed by atoms with E-state index in [1.54, 1.807) is 0 Å². The van der Waals surface area contributed by atoms with Gasteiger partial charge >= 0.3 is 0 Å². The standard InChI is InChI=1S/C26H24N2S/c1-28-26(29-27)24-10-6-5-9-22(24)23-16-15-21(17-25(23)26)20-13-11-19(12-14-20)18-7-3-2-4-8-18/h2-16,21,28H,17,27H2,1H3. The molecule has 0 amide bonds. The molecule has 144 valence electrons. The molecule has 0 saturated heterocycles. The van der Waals surface area contributed by atoms with Crippen molar-refractivity contribution in [2.45, 2.75) is 17.2 Å². The van der Waals surface area contributed by atoms with Gasteiger partial charge in [0, 0.05) is 5.92 Å². The van der Waals surface area contributed by atoms with Crippen LogP contribution in [0.2, 0.25) is 0 Å². The van der Waals surface area contributed by atoms with E-state index >= 15 is 0 Å². The summed E-state index contributed by atoms with van der Waals surface area (Å²) < 4.78 is 0. The Kier molecular flexibility index (Phi) is 4.67. The molecule has 3 aromatic carbocycles. The van der Waals surface area contributed by atoms with Crippen molar-refractivity contribution in [1.82, 2.24) is 5.32 Å². The molecule has 3 heteroatoms. The summed E-state index contributed by atoms with van der Waals surface area (Å²) >= 11 is 1.40. The average Bonchev–Trinajstić information content (AvgIpc) is 3.09. The number of hydrogen-bond donors (Lipinski definition) is 2. The lowest BCUT2D eigenvalue weighted by molar-refractivity contribution is 0.590. The molecule has 0 saturated carbocycles. The van der Waals surface area contributed by atoms with E-state index in [1.807, 2.05) is 7.05 Å². The fraction of sp³-hybridized carbons (Fsp3) is 0.154. The lowest BCUT2D eigenvalue weighted by Gasteiger charge is -2.33. The van der Waals surface area contributed by atoms with Gasteiger partial charge in [0.1, 0.15) is 4.87 Å². The molecule has 3 aromatic rings. The number of rotatable bonds is 4. The molecule has 0 spiro atoms. The third kappa shape index (κ3) is 2.89. The SMILES string of the molecule is CNC1(SN)C2=C(C=CC(c3ccc(-c4ccccc4)cc3)C2)c2ccccc21. The summed E-state index contributed by atoms with van der Waals surface area (Å²) in [6.45, 7) is 0. The Morgan fingerprint density at radius 2 is 1.59 bits per heavy atom. The van der Waals surface area contributed by atoms with Crippen molar-refractivity contribution in [3.05, 3.63) is 113 Å². The quantitative estimate of drug-likeness (QED) is 0.429. The van der Waals surface area contributed by atoms with E-state index in [0.717, 1.165) is 6.42 Å². The highest BCUT2D eigenvalue weighted by Gasteiger charge is 2.45. The summed E-state index contributed by atoms with van der Waals surface area (Å²) in [6, 6.07) is 28.1. The molecule has 2 atom stereocenters. The van der Waals surface area contributed by atoms with Crippen LogP contribution in [-0.2, 0) is 4.87 Å². The number of allylic oxidation sites excluding steroid dienone is 3. The fourth-order valence-electron chi connectivity index (χ4n) is 4.75. The predicted molar refractivity (Wildman–Crippen MR) is 124 cm³/mol. The number of nitrogens with two attached hydrogens (primary N) is 1. The average molecular weight is 397 g/mol. The van der Waals surface area contributed by atoms with Crippen LogP contribution in [-0.4, -0.2) is 7.05 Å². The molecule has 0 bridgehead atoms. The Balaban J connectivity index is 1.48. The molecule has 0 radical (unpaired) electrons. The van der Waals surface area contributed by atoms with Crippen molar-refractivity contribution in [3.8, 4) is 11.1 Å². The van der Waals surface area contributed by atoms with E-state index in [0.29, 0.717) is 5.92 Å². The minimum absolute atomic E-state index is 0.348. The normalized spacial score (nSPS) is 22.5. The number of nitrogens with one attached hydrogen (secondary N) is 1. The van der Waals surface area contributed by atoms with Gasteiger partial charge in [-0.15, -0.1) is 0 Å². The third-order valence-electron chi connectivity index (χ3n) is 6.24. The zero-order chi connectivity index (χ0) is 19.8. The fourth-order valence-corrected chi connectivity index (χ4v) is 5.50. The molecule has 3 N–H and O–H groups in total. The number of benzene rings is 3. The first kappa shape index (κ1) is 18.4. The maximum atomic E-state index is 6.27. The summed E-state index contributed by atoms with van der Waals surface area (Å²) in [5, 5.41) is 9.80. The summed E-state index contributed by atoms with van der Waals surface area (Å²) in [7, 11) is 2.01. The minimum atomic E-state index is -0.348. The van der Waals surface area contributed by atoms with Gasteiger partial charge in [-0.3, -0.25) is 10.5 Å². The third-order valence-corrected chi connectivity index (χ3v) is 7.26. The van der Waals surface area contributed by atoms with Crippen LogP contribution >= 0.6 is 11.9 Å². The van der Waals surface area contributed by atoms with Gasteiger partial charge in [-0.25, -0.2) is 0 Å². The predicted octanol–water partition coefficient (Wildman–Crippen LogP) is 5.84. The molecule has 0 aliphatic heterocycles.